The van der Waals surface area contributed by atoms with Gasteiger partial charge < -0.3 is 9.84 Å². The Balaban J connectivity index is 1.66. The van der Waals surface area contributed by atoms with Crippen molar-refractivity contribution in [3.63, 3.8) is 0 Å². The van der Waals surface area contributed by atoms with Crippen molar-refractivity contribution in [3.05, 3.63) is 58.0 Å². The first kappa shape index (κ1) is 28.8. The SMILES string of the molecule is COc1cc(C(=O)O)c(F)cc1NS(=O)(=O)c1csc(-c2ccc(C3CCC(C)(C)CC3)c(F)c2C(F)F)n1. The Labute approximate surface area is 226 Å². The molecule has 4 rings (SSSR count). The molecule has 2 aromatic carbocycles. The first-order valence-corrected chi connectivity index (χ1v) is 14.3. The molecule has 13 heteroatoms. The number of nitrogens with zero attached hydrogens (tertiary/aromatic N) is 1. The molecule has 1 aliphatic carbocycles. The molecular formula is C26H26F4N2O5S2. The number of sulfonamides is 1. The Morgan fingerprint density at radius 2 is 1.87 bits per heavy atom. The fourth-order valence-electron chi connectivity index (χ4n) is 4.70. The summed E-state index contributed by atoms with van der Waals surface area (Å²) in [6, 6.07) is 4.26. The van der Waals surface area contributed by atoms with E-state index in [0.717, 1.165) is 42.7 Å². The second-order valence-corrected chi connectivity index (χ2v) is 12.6. The number of carboxylic acids is 1. The van der Waals surface area contributed by atoms with Gasteiger partial charge >= 0.3 is 5.97 Å². The molecule has 0 unspecified atom stereocenters. The maximum absolute atomic E-state index is 15.5. The highest BCUT2D eigenvalue weighted by molar-refractivity contribution is 7.92. The van der Waals surface area contributed by atoms with E-state index < -0.39 is 55.9 Å². The summed E-state index contributed by atoms with van der Waals surface area (Å²) in [4.78, 5) is 15.1. The van der Waals surface area contributed by atoms with Crippen LogP contribution in [0, 0.1) is 17.0 Å². The molecular weight excluding hydrogens is 560 g/mol. The molecule has 0 spiro atoms. The van der Waals surface area contributed by atoms with Gasteiger partial charge in [-0.05, 0) is 48.6 Å². The zero-order valence-corrected chi connectivity index (χ0v) is 22.9. The molecule has 7 nitrogen and oxygen atoms in total. The van der Waals surface area contributed by atoms with Gasteiger partial charge in [-0.1, -0.05) is 26.0 Å². The summed E-state index contributed by atoms with van der Waals surface area (Å²) in [5.41, 5.74) is -1.85. The summed E-state index contributed by atoms with van der Waals surface area (Å²) in [6.45, 7) is 4.24. The second-order valence-electron chi connectivity index (χ2n) is 10.1. The lowest BCUT2D eigenvalue weighted by atomic mass is 9.71. The Morgan fingerprint density at radius 3 is 2.46 bits per heavy atom. The van der Waals surface area contributed by atoms with Crippen molar-refractivity contribution in [2.75, 3.05) is 11.8 Å². The number of aromatic nitrogens is 1. The summed E-state index contributed by atoms with van der Waals surface area (Å²) in [5.74, 6) is -4.26. The number of carbonyl (C=O) groups is 1. The molecule has 1 fully saturated rings. The molecule has 0 amide bonds. The summed E-state index contributed by atoms with van der Waals surface area (Å²) in [6.07, 6.45) is -0.125. The van der Waals surface area contributed by atoms with E-state index in [4.69, 9.17) is 9.84 Å². The van der Waals surface area contributed by atoms with Crippen molar-refractivity contribution in [1.29, 1.82) is 0 Å². The minimum Gasteiger partial charge on any atom is -0.495 e. The van der Waals surface area contributed by atoms with E-state index in [1.807, 2.05) is 0 Å². The van der Waals surface area contributed by atoms with E-state index in [-0.39, 0.29) is 33.2 Å². The third-order valence-electron chi connectivity index (χ3n) is 6.96. The van der Waals surface area contributed by atoms with Gasteiger partial charge in [0.05, 0.1) is 23.9 Å². The molecule has 210 valence electrons. The highest BCUT2D eigenvalue weighted by Crippen LogP contribution is 2.45. The van der Waals surface area contributed by atoms with Crippen molar-refractivity contribution in [2.45, 2.75) is 56.9 Å². The van der Waals surface area contributed by atoms with E-state index in [2.05, 4.69) is 23.6 Å². The van der Waals surface area contributed by atoms with Crippen molar-refractivity contribution in [1.82, 2.24) is 4.98 Å². The van der Waals surface area contributed by atoms with Crippen LogP contribution in [-0.2, 0) is 10.0 Å². The van der Waals surface area contributed by atoms with Gasteiger partial charge in [0.25, 0.3) is 16.4 Å². The molecule has 39 heavy (non-hydrogen) atoms. The Bertz CT molecular complexity index is 1510. The number of halogens is 4. The smallest absolute Gasteiger partial charge is 0.338 e. The van der Waals surface area contributed by atoms with Gasteiger partial charge in [-0.3, -0.25) is 4.72 Å². The highest BCUT2D eigenvalue weighted by Gasteiger charge is 2.32. The maximum atomic E-state index is 15.5. The number of nitrogens with one attached hydrogen (secondary N) is 1. The fraction of sp³-hybridized carbons (Fsp3) is 0.385. The van der Waals surface area contributed by atoms with Gasteiger partial charge in [-0.2, -0.15) is 8.42 Å². The first-order chi connectivity index (χ1) is 18.2. The van der Waals surface area contributed by atoms with Crippen LogP contribution in [0.25, 0.3) is 10.6 Å². The van der Waals surface area contributed by atoms with Crippen molar-refractivity contribution in [2.24, 2.45) is 5.41 Å². The van der Waals surface area contributed by atoms with Crippen LogP contribution in [0.1, 0.15) is 73.4 Å². The number of ether oxygens (including phenoxy) is 1. The molecule has 1 aliphatic rings. The maximum Gasteiger partial charge on any atom is 0.338 e. The summed E-state index contributed by atoms with van der Waals surface area (Å²) in [5, 5.41) is 9.43. The molecule has 0 aliphatic heterocycles. The largest absolute Gasteiger partial charge is 0.495 e. The number of hydrogen-bond acceptors (Lipinski definition) is 6. The van der Waals surface area contributed by atoms with Crippen molar-refractivity contribution in [3.8, 4) is 16.3 Å². The quantitative estimate of drug-likeness (QED) is 0.270. The van der Waals surface area contributed by atoms with Crippen LogP contribution in [0.5, 0.6) is 5.75 Å². The van der Waals surface area contributed by atoms with E-state index in [1.165, 1.54) is 12.1 Å². The molecule has 2 N–H and O–H groups in total. The Kier molecular flexibility index (Phi) is 7.95. The number of benzene rings is 2. The Hall–Kier alpha value is -3.19. The standard InChI is InChI=1S/C26H26F4N2O5S2/c1-26(2)8-6-13(7-9-26)14-4-5-15(21(22(14)28)23(29)30)24-31-20(12-38-24)39(35,36)32-18-11-17(27)16(25(33)34)10-19(18)37-3/h4-5,10-13,23,32H,6-9H2,1-3H3,(H,33,34). The summed E-state index contributed by atoms with van der Waals surface area (Å²) < 4.78 is 90.8. The van der Waals surface area contributed by atoms with Crippen LogP contribution in [0.3, 0.4) is 0 Å². The Morgan fingerprint density at radius 1 is 1.21 bits per heavy atom. The normalized spacial score (nSPS) is 15.9. The molecule has 0 bridgehead atoms. The van der Waals surface area contributed by atoms with Gasteiger partial charge in [-0.25, -0.2) is 27.3 Å². The van der Waals surface area contributed by atoms with Crippen LogP contribution >= 0.6 is 11.3 Å². The summed E-state index contributed by atoms with van der Waals surface area (Å²) >= 11 is 0.728. The third-order valence-corrected chi connectivity index (χ3v) is 9.23. The van der Waals surface area contributed by atoms with Gasteiger partial charge in [0.1, 0.15) is 22.4 Å². The minimum absolute atomic E-state index is 0.114. The lowest BCUT2D eigenvalue weighted by Crippen LogP contribution is -2.21. The van der Waals surface area contributed by atoms with Gasteiger partial charge in [0, 0.05) is 17.0 Å². The van der Waals surface area contributed by atoms with E-state index in [1.54, 1.807) is 0 Å². The fourth-order valence-corrected chi connectivity index (χ4v) is 6.90. The van der Waals surface area contributed by atoms with E-state index in [9.17, 15) is 26.4 Å². The van der Waals surface area contributed by atoms with Crippen LogP contribution in [0.2, 0.25) is 0 Å². The van der Waals surface area contributed by atoms with Gasteiger partial charge in [0.15, 0.2) is 5.03 Å². The lowest BCUT2D eigenvalue weighted by Gasteiger charge is -2.34. The average molecular weight is 587 g/mol. The number of carboxylic acid groups (broad SMARTS) is 1. The monoisotopic (exact) mass is 586 g/mol. The number of anilines is 1. The number of aromatic carboxylic acids is 1. The average Bonchev–Trinajstić information content (AvgIpc) is 3.35. The highest BCUT2D eigenvalue weighted by atomic mass is 32.2. The van der Waals surface area contributed by atoms with Crippen LogP contribution in [0.4, 0.5) is 23.2 Å². The van der Waals surface area contributed by atoms with Gasteiger partial charge in [0.2, 0.25) is 0 Å². The lowest BCUT2D eigenvalue weighted by molar-refractivity contribution is 0.0691. The zero-order chi connectivity index (χ0) is 28.7. The van der Waals surface area contributed by atoms with Crippen molar-refractivity contribution < 1.29 is 40.6 Å². The third kappa shape index (κ3) is 5.88. The molecule has 1 aromatic heterocycles. The number of methoxy groups -OCH3 is 1. The first-order valence-electron chi connectivity index (χ1n) is 11.9. The van der Waals surface area contributed by atoms with Crippen LogP contribution in [0.15, 0.2) is 34.7 Å². The molecule has 1 heterocycles. The van der Waals surface area contributed by atoms with E-state index in [0.29, 0.717) is 18.9 Å². The number of hydrogen-bond donors (Lipinski definition) is 2. The molecule has 3 aromatic rings. The van der Waals surface area contributed by atoms with Crippen molar-refractivity contribution >= 4 is 33.0 Å². The van der Waals surface area contributed by atoms with Gasteiger partial charge in [-0.15, -0.1) is 11.3 Å². The minimum atomic E-state index is -4.49. The zero-order valence-electron chi connectivity index (χ0n) is 21.2. The van der Waals surface area contributed by atoms with Crippen LogP contribution < -0.4 is 9.46 Å². The predicted octanol–water partition coefficient (Wildman–Crippen LogP) is 7.22. The molecule has 0 atom stereocenters. The number of alkyl halides is 2. The number of rotatable bonds is 8. The van der Waals surface area contributed by atoms with E-state index >= 15 is 4.39 Å². The molecule has 0 radical (unpaired) electrons. The second kappa shape index (κ2) is 10.8. The van der Waals surface area contributed by atoms with Crippen LogP contribution in [-0.4, -0.2) is 31.6 Å². The predicted molar refractivity (Wildman–Crippen MR) is 138 cm³/mol. The number of thiazole rings is 1. The molecule has 0 saturated heterocycles. The summed E-state index contributed by atoms with van der Waals surface area (Å²) in [7, 11) is -3.35. The molecule has 1 saturated carbocycles. The topological polar surface area (TPSA) is 106 Å².